The van der Waals surface area contributed by atoms with Crippen LogP contribution in [-0.4, -0.2) is 34.3 Å². The molecule has 2 heterocycles. The van der Waals surface area contributed by atoms with Crippen molar-refractivity contribution in [2.45, 2.75) is 45.8 Å². The van der Waals surface area contributed by atoms with E-state index < -0.39 is 23.8 Å². The number of nitrogens with one attached hydrogen (secondary N) is 1. The third kappa shape index (κ3) is 5.21. The van der Waals surface area contributed by atoms with Gasteiger partial charge in [-0.2, -0.15) is 9.61 Å². The molecule has 0 aliphatic rings. The smallest absolute Gasteiger partial charge is 0.255 e. The number of hydrogen-bond donors (Lipinski definition) is 2. The van der Waals surface area contributed by atoms with Crippen LogP contribution in [0.4, 0.5) is 13.2 Å². The minimum atomic E-state index is -0.743. The minimum absolute atomic E-state index is 0.171. The van der Waals surface area contributed by atoms with Gasteiger partial charge < -0.3 is 15.8 Å². The number of pyridine rings is 1. The number of halogens is 3. The number of fused-ring (bicyclic) bond motifs is 1. The molecule has 3 rings (SSSR count). The van der Waals surface area contributed by atoms with Gasteiger partial charge in [-0.1, -0.05) is 6.07 Å². The van der Waals surface area contributed by atoms with Crippen LogP contribution in [0.5, 0.6) is 5.88 Å². The summed E-state index contributed by atoms with van der Waals surface area (Å²) in [5, 5.41) is 7.19. The van der Waals surface area contributed by atoms with Crippen LogP contribution < -0.4 is 15.8 Å². The van der Waals surface area contributed by atoms with Crippen molar-refractivity contribution in [2.75, 3.05) is 13.2 Å². The maximum absolute atomic E-state index is 14.0. The van der Waals surface area contributed by atoms with Crippen LogP contribution in [0.3, 0.4) is 0 Å². The van der Waals surface area contributed by atoms with Gasteiger partial charge in [0, 0.05) is 18.2 Å². The first-order valence-corrected chi connectivity index (χ1v) is 10.3. The quantitative estimate of drug-likeness (QED) is 0.518. The van der Waals surface area contributed by atoms with Crippen molar-refractivity contribution in [2.24, 2.45) is 5.73 Å². The average molecular weight is 448 g/mol. The number of benzene rings is 1. The van der Waals surface area contributed by atoms with E-state index in [4.69, 9.17) is 10.5 Å². The zero-order valence-corrected chi connectivity index (χ0v) is 18.3. The van der Waals surface area contributed by atoms with Gasteiger partial charge in [-0.05, 0) is 57.4 Å². The Balaban J connectivity index is 1.86. The molecule has 0 bridgehead atoms. The predicted octanol–water partition coefficient (Wildman–Crippen LogP) is 4.01. The molecule has 2 aromatic heterocycles. The first kappa shape index (κ1) is 23.6. The van der Waals surface area contributed by atoms with Crippen molar-refractivity contribution in [3.05, 3.63) is 64.4 Å². The maximum atomic E-state index is 14.0. The van der Waals surface area contributed by atoms with E-state index in [9.17, 15) is 18.0 Å². The number of rotatable bonds is 9. The summed E-state index contributed by atoms with van der Waals surface area (Å²) < 4.78 is 47.5. The Hall–Kier alpha value is -3.07. The molecule has 0 saturated heterocycles. The Labute approximate surface area is 184 Å². The number of amides is 1. The second-order valence-corrected chi connectivity index (χ2v) is 8.25. The van der Waals surface area contributed by atoms with E-state index in [1.165, 1.54) is 10.6 Å². The standard InChI is InChI=1S/C23H27F3N4O2/c1-14-10-19-21(22(31)28-13-23(3,27)8-5-9-24)15(2)29-30(19)20(11-14)32-12-16-17(25)6-4-7-18(16)26/h4,6-7,10-11H,5,8-9,12-13,27H2,1-3H3,(H,28,31). The molecule has 172 valence electrons. The fourth-order valence-corrected chi connectivity index (χ4v) is 3.49. The summed E-state index contributed by atoms with van der Waals surface area (Å²) in [5.74, 6) is -1.53. The van der Waals surface area contributed by atoms with Crippen LogP contribution in [0, 0.1) is 25.5 Å². The number of hydrogen-bond acceptors (Lipinski definition) is 4. The number of alkyl halides is 1. The van der Waals surface area contributed by atoms with E-state index in [0.717, 1.165) is 17.7 Å². The van der Waals surface area contributed by atoms with E-state index in [2.05, 4.69) is 10.4 Å². The van der Waals surface area contributed by atoms with E-state index in [-0.39, 0.29) is 30.5 Å². The monoisotopic (exact) mass is 448 g/mol. The summed E-state index contributed by atoms with van der Waals surface area (Å²) in [7, 11) is 0. The number of carbonyl (C=O) groups is 1. The van der Waals surface area contributed by atoms with E-state index >= 15 is 0 Å². The molecule has 0 saturated carbocycles. The molecule has 0 radical (unpaired) electrons. The summed E-state index contributed by atoms with van der Waals surface area (Å²) in [6.07, 6.45) is 0.752. The van der Waals surface area contributed by atoms with Crippen LogP contribution in [0.2, 0.25) is 0 Å². The fourth-order valence-electron chi connectivity index (χ4n) is 3.49. The van der Waals surface area contributed by atoms with Gasteiger partial charge in [0.05, 0.1) is 29.0 Å². The van der Waals surface area contributed by atoms with Crippen LogP contribution in [0.15, 0.2) is 30.3 Å². The van der Waals surface area contributed by atoms with Gasteiger partial charge in [-0.3, -0.25) is 9.18 Å². The average Bonchev–Trinajstić information content (AvgIpc) is 3.06. The van der Waals surface area contributed by atoms with E-state index in [1.54, 1.807) is 26.0 Å². The Morgan fingerprint density at radius 3 is 2.59 bits per heavy atom. The molecule has 0 spiro atoms. The molecule has 1 amide bonds. The van der Waals surface area contributed by atoms with Gasteiger partial charge in [0.25, 0.3) is 5.91 Å². The SMILES string of the molecule is Cc1cc(OCc2c(F)cccc2F)n2nc(C)c(C(=O)NCC(C)(N)CCCF)c2c1. The molecule has 32 heavy (non-hydrogen) atoms. The van der Waals surface area contributed by atoms with Crippen LogP contribution in [0.25, 0.3) is 5.52 Å². The van der Waals surface area contributed by atoms with Crippen molar-refractivity contribution < 1.29 is 22.7 Å². The maximum Gasteiger partial charge on any atom is 0.255 e. The van der Waals surface area contributed by atoms with E-state index in [1.807, 2.05) is 6.92 Å². The van der Waals surface area contributed by atoms with Crippen molar-refractivity contribution in [1.29, 1.82) is 0 Å². The summed E-state index contributed by atoms with van der Waals surface area (Å²) in [6, 6.07) is 7.05. The largest absolute Gasteiger partial charge is 0.473 e. The molecule has 0 aliphatic carbocycles. The summed E-state index contributed by atoms with van der Waals surface area (Å²) in [5.41, 5.74) is 7.27. The predicted molar refractivity (Wildman–Crippen MR) is 115 cm³/mol. The molecule has 0 fully saturated rings. The van der Waals surface area contributed by atoms with Crippen molar-refractivity contribution >= 4 is 11.4 Å². The molecule has 3 aromatic rings. The highest BCUT2D eigenvalue weighted by Crippen LogP contribution is 2.25. The van der Waals surface area contributed by atoms with Crippen LogP contribution in [0.1, 0.15) is 46.9 Å². The first-order chi connectivity index (χ1) is 15.1. The molecular formula is C23H27F3N4O2. The number of nitrogens with two attached hydrogens (primary N) is 1. The molecule has 3 N–H and O–H groups in total. The lowest BCUT2D eigenvalue weighted by Crippen LogP contribution is -2.47. The second-order valence-electron chi connectivity index (χ2n) is 8.25. The number of aryl methyl sites for hydroxylation is 2. The summed E-state index contributed by atoms with van der Waals surface area (Å²) >= 11 is 0. The lowest BCUT2D eigenvalue weighted by Gasteiger charge is -2.24. The molecule has 1 aromatic carbocycles. The molecule has 6 nitrogen and oxygen atoms in total. The number of ether oxygens (including phenoxy) is 1. The molecular weight excluding hydrogens is 421 g/mol. The van der Waals surface area contributed by atoms with Crippen LogP contribution in [-0.2, 0) is 6.61 Å². The Morgan fingerprint density at radius 1 is 1.25 bits per heavy atom. The Kier molecular flexibility index (Phi) is 7.08. The van der Waals surface area contributed by atoms with Gasteiger partial charge in [-0.25, -0.2) is 8.78 Å². The van der Waals surface area contributed by atoms with Gasteiger partial charge in [0.15, 0.2) is 0 Å². The van der Waals surface area contributed by atoms with E-state index in [0.29, 0.717) is 29.6 Å². The highest BCUT2D eigenvalue weighted by molar-refractivity contribution is 6.02. The molecule has 9 heteroatoms. The topological polar surface area (TPSA) is 81.7 Å². The zero-order valence-electron chi connectivity index (χ0n) is 18.3. The normalized spacial score (nSPS) is 13.2. The lowest BCUT2D eigenvalue weighted by atomic mass is 9.97. The molecule has 1 atom stereocenters. The van der Waals surface area contributed by atoms with Crippen LogP contribution >= 0.6 is 0 Å². The van der Waals surface area contributed by atoms with Crippen molar-refractivity contribution in [3.63, 3.8) is 0 Å². The highest BCUT2D eigenvalue weighted by atomic mass is 19.1. The third-order valence-electron chi connectivity index (χ3n) is 5.21. The Bertz CT molecular complexity index is 1110. The number of aromatic nitrogens is 2. The lowest BCUT2D eigenvalue weighted by molar-refractivity contribution is 0.0944. The highest BCUT2D eigenvalue weighted by Gasteiger charge is 2.23. The van der Waals surface area contributed by atoms with Crippen molar-refractivity contribution in [3.8, 4) is 5.88 Å². The van der Waals surface area contributed by atoms with Crippen molar-refractivity contribution in [1.82, 2.24) is 14.9 Å². The first-order valence-electron chi connectivity index (χ1n) is 10.3. The summed E-state index contributed by atoms with van der Waals surface area (Å²) in [6.45, 7) is 4.62. The van der Waals surface area contributed by atoms with Gasteiger partial charge in [0.2, 0.25) is 5.88 Å². The number of carbonyl (C=O) groups excluding carboxylic acids is 1. The summed E-state index contributed by atoms with van der Waals surface area (Å²) in [4.78, 5) is 12.9. The van der Waals surface area contributed by atoms with Gasteiger partial charge >= 0.3 is 0 Å². The zero-order chi connectivity index (χ0) is 23.5. The number of nitrogens with zero attached hydrogens (tertiary/aromatic N) is 2. The van der Waals surface area contributed by atoms with Gasteiger partial charge in [-0.15, -0.1) is 0 Å². The fraction of sp³-hybridized carbons (Fsp3) is 0.391. The van der Waals surface area contributed by atoms with Gasteiger partial charge in [0.1, 0.15) is 18.2 Å². The Morgan fingerprint density at radius 2 is 1.94 bits per heavy atom. The molecule has 1 unspecified atom stereocenters. The second kappa shape index (κ2) is 9.60. The third-order valence-corrected chi connectivity index (χ3v) is 5.21. The minimum Gasteiger partial charge on any atom is -0.473 e. The molecule has 0 aliphatic heterocycles.